The van der Waals surface area contributed by atoms with Gasteiger partial charge in [-0.25, -0.2) is 0 Å². The van der Waals surface area contributed by atoms with Crippen molar-refractivity contribution < 1.29 is 5.11 Å². The molecule has 0 saturated heterocycles. The van der Waals surface area contributed by atoms with Crippen molar-refractivity contribution in [3.8, 4) is 0 Å². The first-order chi connectivity index (χ1) is 3.92. The molecule has 0 atom stereocenters. The summed E-state index contributed by atoms with van der Waals surface area (Å²) in [5.74, 6) is 0.594. The molecule has 0 aromatic heterocycles. The molecule has 0 unspecified atom stereocenters. The van der Waals surface area contributed by atoms with E-state index in [0.717, 1.165) is 6.54 Å². The zero-order valence-corrected chi connectivity index (χ0v) is 6.73. The summed E-state index contributed by atoms with van der Waals surface area (Å²) in [6.07, 6.45) is 0. The molecule has 2 nitrogen and oxygen atoms in total. The van der Waals surface area contributed by atoms with Crippen LogP contribution in [0.5, 0.6) is 0 Å². The van der Waals surface area contributed by atoms with Crippen LogP contribution in [0.15, 0.2) is 0 Å². The van der Waals surface area contributed by atoms with E-state index in [-0.39, 0.29) is 0 Å². The van der Waals surface area contributed by atoms with Gasteiger partial charge in [-0.05, 0) is 19.8 Å². The average Bonchev–Trinajstić information content (AvgIpc) is 1.59. The molecule has 2 N–H and O–H groups in total. The van der Waals surface area contributed by atoms with Crippen molar-refractivity contribution in [2.24, 2.45) is 5.92 Å². The highest BCUT2D eigenvalue weighted by Crippen LogP contribution is 1.96. The van der Waals surface area contributed by atoms with Gasteiger partial charge in [0.05, 0.1) is 0 Å². The summed E-state index contributed by atoms with van der Waals surface area (Å²) in [4.78, 5) is 0. The molecule has 9 heavy (non-hydrogen) atoms. The minimum atomic E-state index is -0.718. The molecule has 2 heteroatoms. The van der Waals surface area contributed by atoms with Crippen molar-refractivity contribution in [3.05, 3.63) is 0 Å². The molecule has 56 valence electrons. The van der Waals surface area contributed by atoms with E-state index in [1.54, 1.807) is 13.8 Å². The van der Waals surface area contributed by atoms with E-state index in [0.29, 0.717) is 5.92 Å². The molecule has 0 aliphatic heterocycles. The number of rotatable bonds is 3. The molecule has 0 aliphatic carbocycles. The molecule has 0 aromatic carbocycles. The second kappa shape index (κ2) is 3.18. The first-order valence-corrected chi connectivity index (χ1v) is 3.39. The molecule has 0 aliphatic rings. The summed E-state index contributed by atoms with van der Waals surface area (Å²) >= 11 is 0. The standard InChI is InChI=1S/C7H17NO/c1-6(2)5-8-7(3,4)9/h6,8-9H,5H2,1-4H3. The van der Waals surface area contributed by atoms with Crippen molar-refractivity contribution in [2.45, 2.75) is 33.4 Å². The highest BCUT2D eigenvalue weighted by molar-refractivity contribution is 4.62. The van der Waals surface area contributed by atoms with Crippen molar-refractivity contribution in [3.63, 3.8) is 0 Å². The number of nitrogens with one attached hydrogen (secondary N) is 1. The van der Waals surface area contributed by atoms with Gasteiger partial charge < -0.3 is 5.11 Å². The van der Waals surface area contributed by atoms with E-state index in [1.807, 2.05) is 0 Å². The lowest BCUT2D eigenvalue weighted by atomic mass is 10.2. The molecule has 0 radical (unpaired) electrons. The summed E-state index contributed by atoms with van der Waals surface area (Å²) in [6, 6.07) is 0. The van der Waals surface area contributed by atoms with Crippen molar-refractivity contribution in [2.75, 3.05) is 6.54 Å². The van der Waals surface area contributed by atoms with Crippen LogP contribution in [0.3, 0.4) is 0 Å². The van der Waals surface area contributed by atoms with Gasteiger partial charge in [-0.2, -0.15) is 0 Å². The molecule has 0 saturated carbocycles. The van der Waals surface area contributed by atoms with Gasteiger partial charge in [-0.15, -0.1) is 0 Å². The van der Waals surface area contributed by atoms with Gasteiger partial charge in [0.15, 0.2) is 0 Å². The second-order valence-electron chi connectivity index (χ2n) is 3.33. The lowest BCUT2D eigenvalue weighted by Crippen LogP contribution is -2.40. The molecule has 0 bridgehead atoms. The summed E-state index contributed by atoms with van der Waals surface area (Å²) in [6.45, 7) is 8.58. The van der Waals surface area contributed by atoms with Gasteiger partial charge in [-0.1, -0.05) is 13.8 Å². The van der Waals surface area contributed by atoms with Crippen LogP contribution in [0.25, 0.3) is 0 Å². The predicted octanol–water partition coefficient (Wildman–Crippen LogP) is 0.960. The Bertz CT molecular complexity index is 73.5. The van der Waals surface area contributed by atoms with Gasteiger partial charge in [0.25, 0.3) is 0 Å². The topological polar surface area (TPSA) is 32.3 Å². The Morgan fingerprint density at radius 2 is 1.89 bits per heavy atom. The highest BCUT2D eigenvalue weighted by atomic mass is 16.3. The van der Waals surface area contributed by atoms with Crippen LogP contribution in [0, 0.1) is 5.92 Å². The van der Waals surface area contributed by atoms with Gasteiger partial charge in [0.2, 0.25) is 0 Å². The molecule has 0 heterocycles. The Balaban J connectivity index is 3.28. The lowest BCUT2D eigenvalue weighted by Gasteiger charge is -2.20. The third kappa shape index (κ3) is 7.92. The largest absolute Gasteiger partial charge is 0.376 e. The van der Waals surface area contributed by atoms with Crippen LogP contribution < -0.4 is 5.32 Å². The van der Waals surface area contributed by atoms with E-state index >= 15 is 0 Å². The van der Waals surface area contributed by atoms with Gasteiger partial charge >= 0.3 is 0 Å². The Labute approximate surface area is 57.3 Å². The number of hydrogen-bond acceptors (Lipinski definition) is 2. The molecular formula is C7H17NO. The van der Waals surface area contributed by atoms with Crippen LogP contribution in [0.2, 0.25) is 0 Å². The second-order valence-corrected chi connectivity index (χ2v) is 3.33. The van der Waals surface area contributed by atoms with E-state index in [1.165, 1.54) is 0 Å². The first kappa shape index (κ1) is 8.92. The van der Waals surface area contributed by atoms with E-state index in [9.17, 15) is 0 Å². The molecule has 0 aromatic rings. The highest BCUT2D eigenvalue weighted by Gasteiger charge is 2.10. The third-order valence-electron chi connectivity index (χ3n) is 0.943. The van der Waals surface area contributed by atoms with Gasteiger partial charge in [0.1, 0.15) is 5.72 Å². The fourth-order valence-corrected chi connectivity index (χ4v) is 0.454. The maximum absolute atomic E-state index is 9.16. The van der Waals surface area contributed by atoms with Crippen molar-refractivity contribution in [1.29, 1.82) is 0 Å². The quantitative estimate of drug-likeness (QED) is 0.559. The fraction of sp³-hybridized carbons (Fsp3) is 1.00. The fourth-order valence-electron chi connectivity index (χ4n) is 0.454. The first-order valence-electron chi connectivity index (χ1n) is 3.39. The summed E-state index contributed by atoms with van der Waals surface area (Å²) in [5, 5.41) is 12.1. The molecule has 0 spiro atoms. The summed E-state index contributed by atoms with van der Waals surface area (Å²) < 4.78 is 0. The maximum atomic E-state index is 9.16. The van der Waals surface area contributed by atoms with Crippen LogP contribution >= 0.6 is 0 Å². The monoisotopic (exact) mass is 131 g/mol. The molecular weight excluding hydrogens is 114 g/mol. The summed E-state index contributed by atoms with van der Waals surface area (Å²) in [7, 11) is 0. The minimum Gasteiger partial charge on any atom is -0.376 e. The maximum Gasteiger partial charge on any atom is 0.110 e. The van der Waals surface area contributed by atoms with Crippen LogP contribution in [-0.4, -0.2) is 17.4 Å². The van der Waals surface area contributed by atoms with E-state index in [2.05, 4.69) is 19.2 Å². The third-order valence-corrected chi connectivity index (χ3v) is 0.943. The summed E-state index contributed by atoms with van der Waals surface area (Å²) in [5.41, 5.74) is -0.718. The van der Waals surface area contributed by atoms with Gasteiger partial charge in [-0.3, -0.25) is 5.32 Å². The van der Waals surface area contributed by atoms with Crippen molar-refractivity contribution >= 4 is 0 Å². The normalized spacial score (nSPS) is 12.7. The van der Waals surface area contributed by atoms with Gasteiger partial charge in [0, 0.05) is 6.54 Å². The molecule has 0 amide bonds. The zero-order chi connectivity index (χ0) is 7.49. The SMILES string of the molecule is CC(C)CNC(C)(C)O. The lowest BCUT2D eigenvalue weighted by molar-refractivity contribution is 0.0407. The van der Waals surface area contributed by atoms with Crippen LogP contribution in [0.4, 0.5) is 0 Å². The average molecular weight is 131 g/mol. The predicted molar refractivity (Wildman–Crippen MR) is 39.1 cm³/mol. The minimum absolute atomic E-state index is 0.594. The molecule has 0 fully saturated rings. The number of hydrogen-bond donors (Lipinski definition) is 2. The van der Waals surface area contributed by atoms with Crippen LogP contribution in [-0.2, 0) is 0 Å². The van der Waals surface area contributed by atoms with Crippen molar-refractivity contribution in [1.82, 2.24) is 5.32 Å². The van der Waals surface area contributed by atoms with E-state index in [4.69, 9.17) is 5.11 Å². The molecule has 0 rings (SSSR count). The van der Waals surface area contributed by atoms with E-state index < -0.39 is 5.72 Å². The Hall–Kier alpha value is -0.0800. The van der Waals surface area contributed by atoms with Crippen LogP contribution in [0.1, 0.15) is 27.7 Å². The Morgan fingerprint density at radius 1 is 1.44 bits per heavy atom. The smallest absolute Gasteiger partial charge is 0.110 e. The number of aliphatic hydroxyl groups is 1. The Kier molecular flexibility index (Phi) is 3.15. The Morgan fingerprint density at radius 3 is 2.00 bits per heavy atom. The zero-order valence-electron chi connectivity index (χ0n) is 6.73.